The molecule has 0 atom stereocenters. The molecule has 1 spiro atoms. The van der Waals surface area contributed by atoms with Gasteiger partial charge in [0.25, 0.3) is 11.8 Å². The van der Waals surface area contributed by atoms with Crippen molar-refractivity contribution in [2.24, 2.45) is 5.41 Å². The van der Waals surface area contributed by atoms with Gasteiger partial charge in [0.05, 0.1) is 41.7 Å². The number of amides is 1. The third kappa shape index (κ3) is 5.97. The Bertz CT molecular complexity index is 1430. The normalized spacial score (nSPS) is 21.0. The van der Waals surface area contributed by atoms with Crippen molar-refractivity contribution in [3.05, 3.63) is 35.2 Å². The molecule has 3 fully saturated rings. The number of benzene rings is 1. The third-order valence-corrected chi connectivity index (χ3v) is 10.3. The second-order valence-electron chi connectivity index (χ2n) is 11.8. The lowest BCUT2D eigenvalue weighted by atomic mass is 9.91. The number of carbonyl (C=O) groups is 1. The van der Waals surface area contributed by atoms with Crippen LogP contribution in [-0.2, 0) is 22.9 Å². The molecule has 1 amide bonds. The summed E-state index contributed by atoms with van der Waals surface area (Å²) in [6.45, 7) is 1.37. The van der Waals surface area contributed by atoms with Crippen LogP contribution >= 0.6 is 0 Å². The van der Waals surface area contributed by atoms with Gasteiger partial charge in [-0.15, -0.1) is 0 Å². The molecule has 0 unspecified atom stereocenters. The number of rotatable bonds is 8. The van der Waals surface area contributed by atoms with Gasteiger partial charge in [0.15, 0.2) is 5.82 Å². The van der Waals surface area contributed by atoms with Gasteiger partial charge in [-0.05, 0) is 67.6 Å². The lowest BCUT2D eigenvalue weighted by Crippen LogP contribution is -2.39. The van der Waals surface area contributed by atoms with E-state index in [9.17, 15) is 27.1 Å². The molecule has 222 valence electrons. The van der Waals surface area contributed by atoms with Crippen molar-refractivity contribution >= 4 is 38.9 Å². The number of fused-ring (bicyclic) bond motifs is 1. The minimum absolute atomic E-state index is 0.154. The number of nitrogens with zero attached hydrogens (tertiary/aromatic N) is 4. The summed E-state index contributed by atoms with van der Waals surface area (Å²) < 4.78 is 55.2. The second kappa shape index (κ2) is 10.6. The van der Waals surface area contributed by atoms with Gasteiger partial charge in [-0.25, -0.2) is 22.2 Å². The summed E-state index contributed by atoms with van der Waals surface area (Å²) in [5, 5.41) is 12.1. The molecule has 41 heavy (non-hydrogen) atoms. The largest absolute Gasteiger partial charge is 0.395 e. The van der Waals surface area contributed by atoms with Crippen molar-refractivity contribution in [1.82, 2.24) is 9.97 Å². The molecule has 10 nitrogen and oxygen atoms in total. The summed E-state index contributed by atoms with van der Waals surface area (Å²) in [6.07, 6.45) is 8.99. The fourth-order valence-electron chi connectivity index (χ4n) is 6.41. The molecule has 1 aromatic heterocycles. The molecule has 2 aromatic rings. The van der Waals surface area contributed by atoms with Crippen LogP contribution in [0.5, 0.6) is 0 Å². The van der Waals surface area contributed by atoms with Gasteiger partial charge < -0.3 is 20.2 Å². The van der Waals surface area contributed by atoms with Crippen LogP contribution in [0.2, 0.25) is 0 Å². The molecule has 1 saturated carbocycles. The van der Waals surface area contributed by atoms with E-state index < -0.39 is 28.3 Å². The predicted molar refractivity (Wildman–Crippen MR) is 152 cm³/mol. The number of aliphatic hydroxyl groups excluding tert-OH is 1. The SMILES string of the molecule is O=C(Nc1cncc(N2CCC(F)(F)CC2)n1)c1c(N2CCC3(CC2)CC3)cc(NS(=O)(=O)CCO)c2c1CCC2. The highest BCUT2D eigenvalue weighted by atomic mass is 32.2. The van der Waals surface area contributed by atoms with Crippen LogP contribution in [0, 0.1) is 5.41 Å². The number of aromatic nitrogens is 2. The standard InChI is InChI=1S/C28H36F2N6O4S/c29-28(30)8-12-36(13-9-28)24-18-31-17-23(32-24)33-26(38)25-20-3-1-2-19(20)21(34-41(39,40)15-14-37)16-22(25)35-10-6-27(4-5-27)7-11-35/h16-18,34,37H,1-15H2,(H,32,33,38). The molecule has 6 rings (SSSR count). The van der Waals surface area contributed by atoms with Crippen LogP contribution in [0.4, 0.5) is 31.8 Å². The number of carbonyl (C=O) groups excluding carboxylic acids is 1. The number of aliphatic hydroxyl groups is 1. The molecule has 0 radical (unpaired) electrons. The number of hydrogen-bond acceptors (Lipinski definition) is 8. The summed E-state index contributed by atoms with van der Waals surface area (Å²) in [7, 11) is -3.76. The fraction of sp³-hybridized carbons (Fsp3) is 0.607. The maximum absolute atomic E-state index is 14.0. The number of halogens is 2. The molecule has 4 aliphatic rings. The van der Waals surface area contributed by atoms with Crippen LogP contribution in [0.3, 0.4) is 0 Å². The lowest BCUT2D eigenvalue weighted by Gasteiger charge is -2.36. The average Bonchev–Trinajstić information content (AvgIpc) is 3.48. The van der Waals surface area contributed by atoms with E-state index in [2.05, 4.69) is 24.9 Å². The van der Waals surface area contributed by atoms with E-state index in [1.54, 1.807) is 11.0 Å². The molecule has 13 heteroatoms. The summed E-state index contributed by atoms with van der Waals surface area (Å²) >= 11 is 0. The fourth-order valence-corrected chi connectivity index (χ4v) is 7.27. The zero-order valence-electron chi connectivity index (χ0n) is 23.0. The molecule has 1 aromatic carbocycles. The van der Waals surface area contributed by atoms with Gasteiger partial charge in [0, 0.05) is 39.0 Å². The molecular formula is C28H36F2N6O4S. The van der Waals surface area contributed by atoms with Crippen molar-refractivity contribution in [1.29, 1.82) is 0 Å². The lowest BCUT2D eigenvalue weighted by molar-refractivity contribution is -0.0221. The first-order chi connectivity index (χ1) is 19.6. The number of sulfonamides is 1. The smallest absolute Gasteiger partial charge is 0.259 e. The van der Waals surface area contributed by atoms with Gasteiger partial charge in [-0.1, -0.05) is 0 Å². The van der Waals surface area contributed by atoms with E-state index in [0.717, 1.165) is 43.5 Å². The molecule has 3 N–H and O–H groups in total. The van der Waals surface area contributed by atoms with Crippen molar-refractivity contribution < 1.29 is 27.1 Å². The van der Waals surface area contributed by atoms with Crippen molar-refractivity contribution in [2.45, 2.75) is 63.7 Å². The Hall–Kier alpha value is -3.06. The van der Waals surface area contributed by atoms with E-state index >= 15 is 0 Å². The van der Waals surface area contributed by atoms with E-state index in [4.69, 9.17) is 0 Å². The highest BCUT2D eigenvalue weighted by Crippen LogP contribution is 2.54. The quantitative estimate of drug-likeness (QED) is 0.426. The van der Waals surface area contributed by atoms with Crippen molar-refractivity contribution in [3.63, 3.8) is 0 Å². The van der Waals surface area contributed by atoms with Crippen LogP contribution in [-0.4, -0.2) is 73.9 Å². The highest BCUT2D eigenvalue weighted by Gasteiger charge is 2.45. The van der Waals surface area contributed by atoms with Crippen LogP contribution in [0.15, 0.2) is 18.5 Å². The van der Waals surface area contributed by atoms with Crippen molar-refractivity contribution in [3.8, 4) is 0 Å². The Balaban J connectivity index is 1.32. The summed E-state index contributed by atoms with van der Waals surface area (Å²) in [6, 6.07) is 1.77. The number of anilines is 4. The first-order valence-corrected chi connectivity index (χ1v) is 16.0. The van der Waals surface area contributed by atoms with E-state index in [1.807, 2.05) is 0 Å². The van der Waals surface area contributed by atoms with E-state index in [-0.39, 0.29) is 37.7 Å². The van der Waals surface area contributed by atoms with Gasteiger partial charge >= 0.3 is 0 Å². The second-order valence-corrected chi connectivity index (χ2v) is 13.7. The average molecular weight is 591 g/mol. The Kier molecular flexibility index (Phi) is 7.29. The number of nitrogens with one attached hydrogen (secondary N) is 2. The van der Waals surface area contributed by atoms with Crippen LogP contribution < -0.4 is 19.8 Å². The van der Waals surface area contributed by atoms with E-state index in [0.29, 0.717) is 41.0 Å². The van der Waals surface area contributed by atoms with Gasteiger partial charge in [0.1, 0.15) is 5.82 Å². The maximum Gasteiger partial charge on any atom is 0.259 e. The first kappa shape index (κ1) is 28.1. The minimum Gasteiger partial charge on any atom is -0.395 e. The Labute approximate surface area is 238 Å². The van der Waals surface area contributed by atoms with Crippen LogP contribution in [0.25, 0.3) is 0 Å². The first-order valence-electron chi connectivity index (χ1n) is 14.4. The summed E-state index contributed by atoms with van der Waals surface area (Å²) in [5.74, 6) is -2.78. The maximum atomic E-state index is 14.0. The Morgan fingerprint density at radius 2 is 1.66 bits per heavy atom. The minimum atomic E-state index is -3.76. The molecule has 2 saturated heterocycles. The molecule has 0 bridgehead atoms. The molecule has 3 heterocycles. The topological polar surface area (TPSA) is 128 Å². The molecule has 2 aliphatic carbocycles. The number of piperidine rings is 2. The van der Waals surface area contributed by atoms with Gasteiger partial charge in [-0.2, -0.15) is 0 Å². The number of hydrogen-bond donors (Lipinski definition) is 3. The summed E-state index contributed by atoms with van der Waals surface area (Å²) in [5.41, 5.74) is 3.69. The zero-order valence-corrected chi connectivity index (χ0v) is 23.8. The van der Waals surface area contributed by atoms with E-state index in [1.165, 1.54) is 25.2 Å². The Morgan fingerprint density at radius 3 is 2.34 bits per heavy atom. The molecule has 2 aliphatic heterocycles. The molecular weight excluding hydrogens is 554 g/mol. The highest BCUT2D eigenvalue weighted by molar-refractivity contribution is 7.92. The van der Waals surface area contributed by atoms with Gasteiger partial charge in [0.2, 0.25) is 10.0 Å². The van der Waals surface area contributed by atoms with Crippen LogP contribution in [0.1, 0.15) is 66.4 Å². The van der Waals surface area contributed by atoms with Crippen molar-refractivity contribution in [2.75, 3.05) is 58.4 Å². The Morgan fingerprint density at radius 1 is 0.976 bits per heavy atom. The van der Waals surface area contributed by atoms with Gasteiger partial charge in [-0.3, -0.25) is 14.5 Å². The zero-order chi connectivity index (χ0) is 28.8. The summed E-state index contributed by atoms with van der Waals surface area (Å²) in [4.78, 5) is 26.6. The monoisotopic (exact) mass is 590 g/mol. The predicted octanol–water partition coefficient (Wildman–Crippen LogP) is 3.57. The number of alkyl halides is 2. The third-order valence-electron chi connectivity index (χ3n) is 9.04.